The Hall–Kier alpha value is -3.98. The number of fused-ring (bicyclic) bond motifs is 1. The molecule has 9 nitrogen and oxygen atoms in total. The Morgan fingerprint density at radius 3 is 2.83 bits per heavy atom. The van der Waals surface area contributed by atoms with Crippen LogP contribution in [0.5, 0.6) is 5.75 Å². The van der Waals surface area contributed by atoms with E-state index in [0.717, 1.165) is 24.8 Å². The van der Waals surface area contributed by atoms with Gasteiger partial charge in [0.1, 0.15) is 35.1 Å². The molecule has 1 aliphatic rings. The van der Waals surface area contributed by atoms with Crippen molar-refractivity contribution < 1.29 is 4.74 Å². The fourth-order valence-electron chi connectivity index (χ4n) is 3.14. The van der Waals surface area contributed by atoms with Crippen molar-refractivity contribution in [2.24, 2.45) is 4.99 Å². The Kier molecular flexibility index (Phi) is 6.00. The molecule has 1 unspecified atom stereocenters. The molecular weight excluding hydrogens is 368 g/mol. The normalized spacial score (nSPS) is 14.6. The quantitative estimate of drug-likeness (QED) is 0.333. The molecular formula is C20H22N8O. The van der Waals surface area contributed by atoms with Gasteiger partial charge in [0.05, 0.1) is 12.3 Å². The minimum Gasteiger partial charge on any atom is -0.494 e. The van der Waals surface area contributed by atoms with Crippen molar-refractivity contribution in [3.8, 4) is 18.0 Å². The highest BCUT2D eigenvalue weighted by Gasteiger charge is 2.29. The van der Waals surface area contributed by atoms with Crippen LogP contribution >= 0.6 is 0 Å². The predicted molar refractivity (Wildman–Crippen MR) is 111 cm³/mol. The van der Waals surface area contributed by atoms with Gasteiger partial charge in [0.2, 0.25) is 5.96 Å². The van der Waals surface area contributed by atoms with Crippen molar-refractivity contribution in [2.75, 3.05) is 23.4 Å². The first-order valence-electron chi connectivity index (χ1n) is 9.30. The number of nitrogens with one attached hydrogen (secondary N) is 2. The first-order valence-corrected chi connectivity index (χ1v) is 9.30. The summed E-state index contributed by atoms with van der Waals surface area (Å²) >= 11 is 0. The van der Waals surface area contributed by atoms with Crippen LogP contribution in [0.25, 0.3) is 0 Å². The maximum absolute atomic E-state index is 9.40. The summed E-state index contributed by atoms with van der Waals surface area (Å²) < 4.78 is 5.84. The number of benzene rings is 1. The van der Waals surface area contributed by atoms with Gasteiger partial charge in [-0.3, -0.25) is 5.32 Å². The van der Waals surface area contributed by atoms with Gasteiger partial charge in [-0.05, 0) is 24.1 Å². The summed E-state index contributed by atoms with van der Waals surface area (Å²) in [6.07, 6.45) is 5.04. The smallest absolute Gasteiger partial charge is 0.211 e. The highest BCUT2D eigenvalue weighted by Crippen LogP contribution is 2.41. The van der Waals surface area contributed by atoms with Gasteiger partial charge < -0.3 is 21.5 Å². The number of nitrogens with zero attached hydrogens (tertiary/aromatic N) is 4. The number of hydrogen-bond donors (Lipinski definition) is 4. The summed E-state index contributed by atoms with van der Waals surface area (Å²) in [7, 11) is 0. The average Bonchev–Trinajstić information content (AvgIpc) is 2.71. The number of nitriles is 2. The molecule has 0 aliphatic carbocycles. The summed E-state index contributed by atoms with van der Waals surface area (Å²) in [5.74, 6) is 1.30. The van der Waals surface area contributed by atoms with Crippen molar-refractivity contribution >= 4 is 23.3 Å². The summed E-state index contributed by atoms with van der Waals surface area (Å²) in [6, 6.07) is 8.91. The van der Waals surface area contributed by atoms with Crippen molar-refractivity contribution in [2.45, 2.75) is 32.2 Å². The molecule has 6 N–H and O–H groups in total. The predicted octanol–water partition coefficient (Wildman–Crippen LogP) is 2.63. The third-order valence-electron chi connectivity index (χ3n) is 4.55. The van der Waals surface area contributed by atoms with Gasteiger partial charge in [-0.15, -0.1) is 0 Å². The Bertz CT molecular complexity index is 1020. The van der Waals surface area contributed by atoms with E-state index in [1.165, 1.54) is 0 Å². The van der Waals surface area contributed by atoms with Crippen LogP contribution in [0.15, 0.2) is 29.3 Å². The Morgan fingerprint density at radius 2 is 2.10 bits per heavy atom. The largest absolute Gasteiger partial charge is 0.494 e. The van der Waals surface area contributed by atoms with Gasteiger partial charge in [0.25, 0.3) is 0 Å². The van der Waals surface area contributed by atoms with Crippen LogP contribution in [0.1, 0.15) is 48.9 Å². The molecule has 0 spiro atoms. The van der Waals surface area contributed by atoms with E-state index in [1.807, 2.05) is 36.5 Å². The number of guanidine groups is 1. The molecule has 0 bridgehead atoms. The van der Waals surface area contributed by atoms with Crippen molar-refractivity contribution in [1.29, 1.82) is 10.5 Å². The topological polar surface area (TPSA) is 158 Å². The van der Waals surface area contributed by atoms with Crippen LogP contribution in [0.3, 0.4) is 0 Å². The zero-order chi connectivity index (χ0) is 20.8. The number of hydrogen-bond acceptors (Lipinski definition) is 9. The van der Waals surface area contributed by atoms with Crippen LogP contribution in [0, 0.1) is 22.8 Å². The standard InChI is InChI=1S/C20H22N8O/c1-2-3-4-8-29-13-7-5-6-12(9-13)17-15-16(23)14(10-21)18(24)27-19(15)28-20(26-17)25-11-22/h5-7,9,17H,2-4,8H2,1H3,(H6,23,24,25,26,27,28). The SMILES string of the molecule is CCCCCOc1cccc(C2N=C(NC#N)Nc3nc(N)c(C#N)c(N)c32)c1. The minimum absolute atomic E-state index is 0.0150. The summed E-state index contributed by atoms with van der Waals surface area (Å²) in [6.45, 7) is 2.77. The number of pyridine rings is 1. The Labute approximate surface area is 169 Å². The molecule has 2 heterocycles. The summed E-state index contributed by atoms with van der Waals surface area (Å²) in [5.41, 5.74) is 13.7. The zero-order valence-corrected chi connectivity index (χ0v) is 16.1. The summed E-state index contributed by atoms with van der Waals surface area (Å²) in [4.78, 5) is 8.79. The maximum atomic E-state index is 9.40. The third-order valence-corrected chi connectivity index (χ3v) is 4.55. The van der Waals surface area contributed by atoms with E-state index in [-0.39, 0.29) is 23.0 Å². The maximum Gasteiger partial charge on any atom is 0.211 e. The monoisotopic (exact) mass is 390 g/mol. The van der Waals surface area contributed by atoms with E-state index in [4.69, 9.17) is 21.5 Å². The molecule has 1 aliphatic heterocycles. The van der Waals surface area contributed by atoms with Gasteiger partial charge in [-0.2, -0.15) is 10.5 Å². The highest BCUT2D eigenvalue weighted by atomic mass is 16.5. The molecule has 29 heavy (non-hydrogen) atoms. The molecule has 1 atom stereocenters. The number of rotatable bonds is 6. The van der Waals surface area contributed by atoms with Gasteiger partial charge in [-0.25, -0.2) is 9.98 Å². The average molecular weight is 390 g/mol. The lowest BCUT2D eigenvalue weighted by Gasteiger charge is -2.26. The molecule has 2 aromatic rings. The first-order chi connectivity index (χ1) is 14.1. The molecule has 0 fully saturated rings. The Morgan fingerprint density at radius 1 is 1.28 bits per heavy atom. The van der Waals surface area contributed by atoms with Crippen LogP contribution in [0.4, 0.5) is 17.3 Å². The number of ether oxygens (including phenoxy) is 1. The summed E-state index contributed by atoms with van der Waals surface area (Å²) in [5, 5.41) is 23.8. The zero-order valence-electron chi connectivity index (χ0n) is 16.1. The molecule has 0 saturated heterocycles. The fraction of sp³-hybridized carbons (Fsp3) is 0.300. The lowest BCUT2D eigenvalue weighted by molar-refractivity contribution is 0.306. The van der Waals surface area contributed by atoms with E-state index in [2.05, 4.69) is 27.5 Å². The number of anilines is 3. The van der Waals surface area contributed by atoms with E-state index in [1.54, 1.807) is 0 Å². The number of nitrogen functional groups attached to an aromatic ring is 2. The molecule has 0 saturated carbocycles. The first kappa shape index (κ1) is 19.8. The van der Waals surface area contributed by atoms with Crippen molar-refractivity contribution in [3.05, 3.63) is 41.0 Å². The Balaban J connectivity index is 2.02. The van der Waals surface area contributed by atoms with Gasteiger partial charge in [0.15, 0.2) is 6.19 Å². The van der Waals surface area contributed by atoms with Gasteiger partial charge in [0, 0.05) is 5.56 Å². The van der Waals surface area contributed by atoms with Crippen LogP contribution in [-0.4, -0.2) is 17.6 Å². The number of unbranched alkanes of at least 4 members (excludes halogenated alkanes) is 2. The molecule has 1 aromatic carbocycles. The van der Waals surface area contributed by atoms with E-state index in [9.17, 15) is 5.26 Å². The van der Waals surface area contributed by atoms with Gasteiger partial charge >= 0.3 is 0 Å². The number of aromatic nitrogens is 1. The number of aliphatic imine (C=N–C) groups is 1. The minimum atomic E-state index is -0.582. The second kappa shape index (κ2) is 8.81. The molecule has 9 heteroatoms. The van der Waals surface area contributed by atoms with Crippen molar-refractivity contribution in [3.63, 3.8) is 0 Å². The highest BCUT2D eigenvalue weighted by molar-refractivity contribution is 5.98. The second-order valence-electron chi connectivity index (χ2n) is 6.53. The molecule has 1 aromatic heterocycles. The fourth-order valence-corrected chi connectivity index (χ4v) is 3.14. The molecule has 3 rings (SSSR count). The number of nitrogens with two attached hydrogens (primary N) is 2. The van der Waals surface area contributed by atoms with Crippen molar-refractivity contribution in [1.82, 2.24) is 10.3 Å². The van der Waals surface area contributed by atoms with E-state index < -0.39 is 6.04 Å². The van der Waals surface area contributed by atoms with Crippen LogP contribution < -0.4 is 26.8 Å². The lowest BCUT2D eigenvalue weighted by atomic mass is 9.95. The van der Waals surface area contributed by atoms with Gasteiger partial charge in [-0.1, -0.05) is 31.9 Å². The lowest BCUT2D eigenvalue weighted by Crippen LogP contribution is -2.32. The van der Waals surface area contributed by atoms with Crippen LogP contribution in [-0.2, 0) is 0 Å². The third kappa shape index (κ3) is 4.14. The molecule has 0 amide bonds. The molecule has 0 radical (unpaired) electrons. The molecule has 148 valence electrons. The van der Waals surface area contributed by atoms with E-state index >= 15 is 0 Å². The van der Waals surface area contributed by atoms with Crippen LogP contribution in [0.2, 0.25) is 0 Å². The second-order valence-corrected chi connectivity index (χ2v) is 6.53. The van der Waals surface area contributed by atoms with E-state index in [0.29, 0.717) is 23.7 Å².